The molecule has 0 saturated heterocycles. The minimum Gasteiger partial charge on any atom is -0.508 e. The Morgan fingerprint density at radius 2 is 1.42 bits per heavy atom. The number of hydrogen-bond donors (Lipinski definition) is 2. The molecule has 0 amide bonds. The molecule has 0 aliphatic carbocycles. The molecule has 1 unspecified atom stereocenters. The van der Waals surface area contributed by atoms with Crippen molar-refractivity contribution in [1.82, 2.24) is 0 Å². The van der Waals surface area contributed by atoms with Crippen molar-refractivity contribution in [2.24, 2.45) is 5.73 Å². The zero-order chi connectivity index (χ0) is 13.8. The summed E-state index contributed by atoms with van der Waals surface area (Å²) in [5.74, 6) is 0.834. The quantitative estimate of drug-likeness (QED) is 0.873. The van der Waals surface area contributed by atoms with Crippen LogP contribution in [0.1, 0.15) is 42.5 Å². The Kier molecular flexibility index (Phi) is 4.23. The molecule has 0 fully saturated rings. The first-order valence-electron chi connectivity index (χ1n) is 6.69. The average molecular weight is 255 g/mol. The van der Waals surface area contributed by atoms with Crippen molar-refractivity contribution >= 4 is 0 Å². The first-order valence-corrected chi connectivity index (χ1v) is 6.69. The highest BCUT2D eigenvalue weighted by molar-refractivity contribution is 5.30. The van der Waals surface area contributed by atoms with Crippen molar-refractivity contribution in [3.05, 3.63) is 65.2 Å². The zero-order valence-electron chi connectivity index (χ0n) is 11.5. The summed E-state index contributed by atoms with van der Waals surface area (Å²) < 4.78 is 0. The second kappa shape index (κ2) is 5.89. The third-order valence-corrected chi connectivity index (χ3v) is 3.42. The summed E-state index contributed by atoms with van der Waals surface area (Å²) in [6.07, 6.45) is 0.779. The summed E-state index contributed by atoms with van der Waals surface area (Å²) in [5, 5.41) is 9.26. The number of aromatic hydroxyl groups is 1. The molecule has 1 atom stereocenters. The van der Waals surface area contributed by atoms with Crippen LogP contribution in [0.15, 0.2) is 48.5 Å². The van der Waals surface area contributed by atoms with Gasteiger partial charge < -0.3 is 10.8 Å². The Bertz CT molecular complexity index is 514. The van der Waals surface area contributed by atoms with Gasteiger partial charge in [-0.2, -0.15) is 0 Å². The summed E-state index contributed by atoms with van der Waals surface area (Å²) in [7, 11) is 0. The minimum atomic E-state index is -0.00856. The highest BCUT2D eigenvalue weighted by Crippen LogP contribution is 2.21. The lowest BCUT2D eigenvalue weighted by atomic mass is 9.96. The van der Waals surface area contributed by atoms with Gasteiger partial charge in [-0.25, -0.2) is 0 Å². The molecule has 2 rings (SSSR count). The lowest BCUT2D eigenvalue weighted by molar-refractivity contribution is 0.475. The molecule has 0 aliphatic rings. The van der Waals surface area contributed by atoms with Crippen molar-refractivity contribution < 1.29 is 5.11 Å². The van der Waals surface area contributed by atoms with E-state index in [-0.39, 0.29) is 6.04 Å². The first-order chi connectivity index (χ1) is 9.06. The Labute approximate surface area is 114 Å². The Morgan fingerprint density at radius 1 is 0.895 bits per heavy atom. The van der Waals surface area contributed by atoms with E-state index in [2.05, 4.69) is 38.1 Å². The molecule has 0 spiro atoms. The number of nitrogens with two attached hydrogens (primary N) is 1. The van der Waals surface area contributed by atoms with Gasteiger partial charge in [-0.3, -0.25) is 0 Å². The normalized spacial score (nSPS) is 12.6. The highest BCUT2D eigenvalue weighted by Gasteiger charge is 2.08. The maximum atomic E-state index is 9.26. The predicted molar refractivity (Wildman–Crippen MR) is 79.3 cm³/mol. The number of hydrogen-bond acceptors (Lipinski definition) is 2. The lowest BCUT2D eigenvalue weighted by Crippen LogP contribution is -2.13. The third kappa shape index (κ3) is 3.58. The molecule has 19 heavy (non-hydrogen) atoms. The van der Waals surface area contributed by atoms with Crippen LogP contribution in [0.3, 0.4) is 0 Å². The van der Waals surface area contributed by atoms with Crippen LogP contribution in [0, 0.1) is 0 Å². The first kappa shape index (κ1) is 13.6. The maximum absolute atomic E-state index is 9.26. The molecule has 0 radical (unpaired) electrons. The molecule has 2 aromatic carbocycles. The number of rotatable bonds is 4. The second-order valence-electron chi connectivity index (χ2n) is 5.30. The summed E-state index contributed by atoms with van der Waals surface area (Å²) >= 11 is 0. The van der Waals surface area contributed by atoms with E-state index in [4.69, 9.17) is 5.73 Å². The Hall–Kier alpha value is -1.80. The van der Waals surface area contributed by atoms with Crippen LogP contribution >= 0.6 is 0 Å². The molecule has 2 aromatic rings. The summed E-state index contributed by atoms with van der Waals surface area (Å²) in [5.41, 5.74) is 9.85. The zero-order valence-corrected chi connectivity index (χ0v) is 11.5. The Morgan fingerprint density at radius 3 is 1.95 bits per heavy atom. The average Bonchev–Trinajstić information content (AvgIpc) is 2.41. The standard InChI is InChI=1S/C17H21NO/c1-12(2)14-5-7-15(8-6-14)17(18)11-13-3-9-16(19)10-4-13/h3-10,12,17,19H,11,18H2,1-2H3. The van der Waals surface area contributed by atoms with Gasteiger partial charge in [-0.05, 0) is 41.2 Å². The summed E-state index contributed by atoms with van der Waals surface area (Å²) in [4.78, 5) is 0. The van der Waals surface area contributed by atoms with E-state index in [0.717, 1.165) is 17.5 Å². The van der Waals surface area contributed by atoms with Crippen LogP contribution in [-0.2, 0) is 6.42 Å². The van der Waals surface area contributed by atoms with Gasteiger partial charge in [-0.15, -0.1) is 0 Å². The van der Waals surface area contributed by atoms with Gasteiger partial charge in [0.25, 0.3) is 0 Å². The minimum absolute atomic E-state index is 0.00856. The topological polar surface area (TPSA) is 46.2 Å². The van der Waals surface area contributed by atoms with Crippen molar-refractivity contribution in [2.75, 3.05) is 0 Å². The molecule has 100 valence electrons. The van der Waals surface area contributed by atoms with E-state index in [1.54, 1.807) is 12.1 Å². The molecule has 0 aromatic heterocycles. The monoisotopic (exact) mass is 255 g/mol. The van der Waals surface area contributed by atoms with E-state index in [1.165, 1.54) is 5.56 Å². The second-order valence-corrected chi connectivity index (χ2v) is 5.30. The van der Waals surface area contributed by atoms with Gasteiger partial charge >= 0.3 is 0 Å². The molecular formula is C17H21NO. The molecule has 0 saturated carbocycles. The van der Waals surface area contributed by atoms with Crippen LogP contribution in [0.2, 0.25) is 0 Å². The highest BCUT2D eigenvalue weighted by atomic mass is 16.3. The molecule has 2 nitrogen and oxygen atoms in total. The van der Waals surface area contributed by atoms with E-state index in [1.807, 2.05) is 12.1 Å². The molecule has 2 heteroatoms. The van der Waals surface area contributed by atoms with Gasteiger partial charge in [0, 0.05) is 6.04 Å². The Balaban J connectivity index is 2.07. The van der Waals surface area contributed by atoms with Crippen LogP contribution < -0.4 is 5.73 Å². The largest absolute Gasteiger partial charge is 0.508 e. The van der Waals surface area contributed by atoms with Crippen molar-refractivity contribution in [3.8, 4) is 5.75 Å². The molecular weight excluding hydrogens is 234 g/mol. The maximum Gasteiger partial charge on any atom is 0.115 e. The van der Waals surface area contributed by atoms with Gasteiger partial charge in [0.15, 0.2) is 0 Å². The van der Waals surface area contributed by atoms with E-state index in [9.17, 15) is 5.11 Å². The number of phenols is 1. The van der Waals surface area contributed by atoms with Gasteiger partial charge in [0.2, 0.25) is 0 Å². The smallest absolute Gasteiger partial charge is 0.115 e. The van der Waals surface area contributed by atoms with Crippen molar-refractivity contribution in [3.63, 3.8) is 0 Å². The number of benzene rings is 2. The molecule has 0 heterocycles. The molecule has 3 N–H and O–H groups in total. The fourth-order valence-corrected chi connectivity index (χ4v) is 2.13. The lowest BCUT2D eigenvalue weighted by Gasteiger charge is -2.14. The van der Waals surface area contributed by atoms with E-state index < -0.39 is 0 Å². The van der Waals surface area contributed by atoms with Crippen LogP contribution in [-0.4, -0.2) is 5.11 Å². The third-order valence-electron chi connectivity index (χ3n) is 3.42. The summed E-state index contributed by atoms with van der Waals surface area (Å²) in [6.45, 7) is 4.37. The predicted octanol–water partition coefficient (Wildman–Crippen LogP) is 3.76. The fraction of sp³-hybridized carbons (Fsp3) is 0.294. The van der Waals surface area contributed by atoms with Crippen LogP contribution in [0.4, 0.5) is 0 Å². The van der Waals surface area contributed by atoms with Crippen LogP contribution in [0.25, 0.3) is 0 Å². The van der Waals surface area contributed by atoms with Gasteiger partial charge in [-0.1, -0.05) is 50.2 Å². The molecule has 0 aliphatic heterocycles. The molecule has 0 bridgehead atoms. The van der Waals surface area contributed by atoms with E-state index in [0.29, 0.717) is 11.7 Å². The van der Waals surface area contributed by atoms with Crippen LogP contribution in [0.5, 0.6) is 5.75 Å². The number of phenolic OH excluding ortho intramolecular Hbond substituents is 1. The summed E-state index contributed by atoms with van der Waals surface area (Å²) in [6, 6.07) is 15.7. The van der Waals surface area contributed by atoms with Crippen molar-refractivity contribution in [1.29, 1.82) is 0 Å². The fourth-order valence-electron chi connectivity index (χ4n) is 2.13. The van der Waals surface area contributed by atoms with Gasteiger partial charge in [0.05, 0.1) is 0 Å². The van der Waals surface area contributed by atoms with Crippen molar-refractivity contribution in [2.45, 2.75) is 32.2 Å². The van der Waals surface area contributed by atoms with E-state index >= 15 is 0 Å². The van der Waals surface area contributed by atoms with Gasteiger partial charge in [0.1, 0.15) is 5.75 Å². The SMILES string of the molecule is CC(C)c1ccc(C(N)Cc2ccc(O)cc2)cc1.